The average Bonchev–Trinajstić information content (AvgIpc) is 3.03. The molecule has 7 nitrogen and oxygen atoms in total. The van der Waals surface area contributed by atoms with Gasteiger partial charge in [-0.25, -0.2) is 8.42 Å². The number of sulfonamides is 1. The van der Waals surface area contributed by atoms with E-state index < -0.39 is 16.1 Å². The fourth-order valence-electron chi connectivity index (χ4n) is 4.04. The van der Waals surface area contributed by atoms with Gasteiger partial charge in [-0.05, 0) is 17.7 Å². The first-order chi connectivity index (χ1) is 14.0. The molecule has 2 aromatic carbocycles. The number of imide groups is 1. The molecule has 2 aromatic rings. The molecule has 2 fully saturated rings. The van der Waals surface area contributed by atoms with Crippen LogP contribution in [0.4, 0.5) is 0 Å². The van der Waals surface area contributed by atoms with Crippen LogP contribution in [0.5, 0.6) is 0 Å². The van der Waals surface area contributed by atoms with Crippen LogP contribution < -0.4 is 4.90 Å². The van der Waals surface area contributed by atoms with Crippen molar-refractivity contribution in [2.24, 2.45) is 0 Å². The second-order valence-electron chi connectivity index (χ2n) is 7.44. The molecule has 2 saturated heterocycles. The van der Waals surface area contributed by atoms with Crippen LogP contribution in [-0.4, -0.2) is 61.7 Å². The van der Waals surface area contributed by atoms with E-state index in [0.29, 0.717) is 26.2 Å². The largest absolute Gasteiger partial charge is 0.322 e. The third kappa shape index (κ3) is 3.96. The first kappa shape index (κ1) is 19.8. The molecule has 152 valence electrons. The Morgan fingerprint density at radius 2 is 1.48 bits per heavy atom. The number of carbonyl (C=O) groups is 2. The molecule has 2 heterocycles. The first-order valence-electron chi connectivity index (χ1n) is 9.75. The van der Waals surface area contributed by atoms with Gasteiger partial charge in [0, 0.05) is 0 Å². The maximum absolute atomic E-state index is 12.9. The summed E-state index contributed by atoms with van der Waals surface area (Å²) in [6.07, 6.45) is 0.187. The van der Waals surface area contributed by atoms with E-state index in [1.54, 1.807) is 30.3 Å². The number of benzene rings is 2. The lowest BCUT2D eigenvalue weighted by atomic mass is 10.2. The Hall–Kier alpha value is -2.55. The Labute approximate surface area is 170 Å². The average molecular weight is 415 g/mol. The molecule has 1 atom stereocenters. The van der Waals surface area contributed by atoms with Crippen LogP contribution in [-0.2, 0) is 26.2 Å². The van der Waals surface area contributed by atoms with Gasteiger partial charge >= 0.3 is 0 Å². The van der Waals surface area contributed by atoms with Crippen LogP contribution in [0.2, 0.25) is 0 Å². The van der Waals surface area contributed by atoms with Crippen LogP contribution in [0.25, 0.3) is 0 Å². The molecule has 1 N–H and O–H groups in total. The fourth-order valence-corrected chi connectivity index (χ4v) is 5.50. The monoisotopic (exact) mass is 414 g/mol. The van der Waals surface area contributed by atoms with Crippen molar-refractivity contribution in [1.29, 1.82) is 0 Å². The molecular formula is C21H24N3O4S+. The van der Waals surface area contributed by atoms with E-state index in [-0.39, 0.29) is 29.7 Å². The molecule has 2 aliphatic rings. The summed E-state index contributed by atoms with van der Waals surface area (Å²) in [6, 6.07) is 17.4. The zero-order chi connectivity index (χ0) is 20.4. The lowest BCUT2D eigenvalue weighted by molar-refractivity contribution is -0.918. The van der Waals surface area contributed by atoms with Gasteiger partial charge in [-0.15, -0.1) is 0 Å². The lowest BCUT2D eigenvalue weighted by Gasteiger charge is -2.33. The summed E-state index contributed by atoms with van der Waals surface area (Å²) in [4.78, 5) is 27.9. The topological polar surface area (TPSA) is 79.2 Å². The highest BCUT2D eigenvalue weighted by atomic mass is 32.2. The molecule has 0 spiro atoms. The second kappa shape index (κ2) is 8.06. The van der Waals surface area contributed by atoms with Gasteiger partial charge in [0.15, 0.2) is 6.04 Å². The minimum Gasteiger partial charge on any atom is -0.322 e. The zero-order valence-electron chi connectivity index (χ0n) is 16.0. The van der Waals surface area contributed by atoms with E-state index in [9.17, 15) is 18.0 Å². The number of rotatable bonds is 5. The molecule has 4 rings (SSSR count). The number of hydrogen-bond donors (Lipinski definition) is 1. The molecule has 0 aromatic heterocycles. The standard InChI is InChI=1S/C21H23N3O4S/c25-20-15-19(21(26)24(20)16-17-7-3-1-4-8-17)22-11-13-23(14-12-22)29(27,28)18-9-5-2-6-10-18/h1-10,19H,11-16H2/p+1/t19-/m1/s1. The minimum absolute atomic E-state index is 0.157. The van der Waals surface area contributed by atoms with Crippen molar-refractivity contribution < 1.29 is 22.9 Å². The first-order valence-corrected chi connectivity index (χ1v) is 11.2. The maximum atomic E-state index is 12.9. The summed E-state index contributed by atoms with van der Waals surface area (Å²) < 4.78 is 27.0. The van der Waals surface area contributed by atoms with E-state index >= 15 is 0 Å². The van der Waals surface area contributed by atoms with Crippen molar-refractivity contribution in [2.45, 2.75) is 23.9 Å². The van der Waals surface area contributed by atoms with Crippen molar-refractivity contribution in [2.75, 3.05) is 26.2 Å². The van der Waals surface area contributed by atoms with Crippen LogP contribution in [0.3, 0.4) is 0 Å². The highest BCUT2D eigenvalue weighted by molar-refractivity contribution is 7.89. The molecule has 29 heavy (non-hydrogen) atoms. The van der Waals surface area contributed by atoms with Gasteiger partial charge in [0.2, 0.25) is 15.9 Å². The van der Waals surface area contributed by atoms with Gasteiger partial charge in [-0.2, -0.15) is 4.31 Å². The fraction of sp³-hybridized carbons (Fsp3) is 0.333. The molecule has 8 heteroatoms. The van der Waals surface area contributed by atoms with Crippen LogP contribution in [0.1, 0.15) is 12.0 Å². The Morgan fingerprint density at radius 1 is 0.897 bits per heavy atom. The van der Waals surface area contributed by atoms with Gasteiger partial charge in [0.1, 0.15) is 0 Å². The zero-order valence-corrected chi connectivity index (χ0v) is 16.8. The normalized spacial score (nSPS) is 21.7. The summed E-state index contributed by atoms with van der Waals surface area (Å²) >= 11 is 0. The highest BCUT2D eigenvalue weighted by Gasteiger charge is 2.46. The van der Waals surface area contributed by atoms with Crippen LogP contribution >= 0.6 is 0 Å². The maximum Gasteiger partial charge on any atom is 0.288 e. The summed E-state index contributed by atoms with van der Waals surface area (Å²) in [6.45, 7) is 1.98. The van der Waals surface area contributed by atoms with E-state index in [4.69, 9.17) is 0 Å². The van der Waals surface area contributed by atoms with Gasteiger partial charge in [0.05, 0.1) is 44.0 Å². The Bertz CT molecular complexity index is 987. The van der Waals surface area contributed by atoms with E-state index in [1.807, 2.05) is 30.3 Å². The number of nitrogens with zero attached hydrogens (tertiary/aromatic N) is 2. The molecule has 2 aliphatic heterocycles. The number of nitrogens with one attached hydrogen (secondary N) is 1. The van der Waals surface area contributed by atoms with Gasteiger partial charge in [0.25, 0.3) is 5.91 Å². The highest BCUT2D eigenvalue weighted by Crippen LogP contribution is 2.17. The molecular weight excluding hydrogens is 390 g/mol. The minimum atomic E-state index is -3.53. The molecule has 0 unspecified atom stereocenters. The molecule has 0 bridgehead atoms. The molecule has 0 aliphatic carbocycles. The predicted octanol–water partition coefficient (Wildman–Crippen LogP) is -0.0965. The summed E-state index contributed by atoms with van der Waals surface area (Å²) in [5, 5.41) is 0. The third-order valence-electron chi connectivity index (χ3n) is 5.67. The van der Waals surface area contributed by atoms with Crippen molar-refractivity contribution >= 4 is 21.8 Å². The third-order valence-corrected chi connectivity index (χ3v) is 7.58. The van der Waals surface area contributed by atoms with Crippen molar-refractivity contribution in [3.63, 3.8) is 0 Å². The second-order valence-corrected chi connectivity index (χ2v) is 9.37. The Kier molecular flexibility index (Phi) is 5.49. The number of amides is 2. The predicted molar refractivity (Wildman–Crippen MR) is 106 cm³/mol. The van der Waals surface area contributed by atoms with Crippen LogP contribution in [0, 0.1) is 0 Å². The van der Waals surface area contributed by atoms with Gasteiger partial charge in [-0.1, -0.05) is 48.5 Å². The lowest BCUT2D eigenvalue weighted by Crippen LogP contribution is -3.19. The summed E-state index contributed by atoms with van der Waals surface area (Å²) in [5.74, 6) is -0.316. The van der Waals surface area contributed by atoms with E-state index in [1.165, 1.54) is 9.21 Å². The van der Waals surface area contributed by atoms with Crippen molar-refractivity contribution in [3.05, 3.63) is 66.2 Å². The molecule has 0 radical (unpaired) electrons. The number of carbonyl (C=O) groups excluding carboxylic acids is 2. The Morgan fingerprint density at radius 3 is 2.10 bits per heavy atom. The quantitative estimate of drug-likeness (QED) is 0.694. The van der Waals surface area contributed by atoms with Gasteiger partial charge in [-0.3, -0.25) is 14.5 Å². The van der Waals surface area contributed by atoms with E-state index in [0.717, 1.165) is 10.5 Å². The summed E-state index contributed by atoms with van der Waals surface area (Å²) in [5.41, 5.74) is 0.920. The molecule has 0 saturated carbocycles. The number of likely N-dealkylation sites (tertiary alicyclic amines) is 1. The summed E-state index contributed by atoms with van der Waals surface area (Å²) in [7, 11) is -3.53. The van der Waals surface area contributed by atoms with Gasteiger partial charge < -0.3 is 4.90 Å². The number of piperazine rings is 1. The van der Waals surface area contributed by atoms with Crippen molar-refractivity contribution in [3.8, 4) is 0 Å². The number of quaternary nitrogens is 1. The van der Waals surface area contributed by atoms with Crippen molar-refractivity contribution in [1.82, 2.24) is 9.21 Å². The SMILES string of the molecule is O=C1C[C@@H]([NH+]2CCN(S(=O)(=O)c3ccccc3)CC2)C(=O)N1Cc1ccccc1. The van der Waals surface area contributed by atoms with Crippen LogP contribution in [0.15, 0.2) is 65.6 Å². The van der Waals surface area contributed by atoms with E-state index in [2.05, 4.69) is 0 Å². The number of hydrogen-bond acceptors (Lipinski definition) is 4. The smallest absolute Gasteiger partial charge is 0.288 e. The Balaban J connectivity index is 1.40. The molecule has 2 amide bonds.